The first-order chi connectivity index (χ1) is 15.3. The summed E-state index contributed by atoms with van der Waals surface area (Å²) in [4.78, 5) is 10.1. The summed E-state index contributed by atoms with van der Waals surface area (Å²) in [5.41, 5.74) is 3.88. The molecule has 0 amide bonds. The first kappa shape index (κ1) is 19.7. The van der Waals surface area contributed by atoms with E-state index in [0.717, 1.165) is 51.1 Å². The molecule has 0 aliphatic carbocycles. The van der Waals surface area contributed by atoms with E-state index in [1.807, 2.05) is 54.7 Å². The lowest BCUT2D eigenvalue weighted by Gasteiger charge is -2.04. The summed E-state index contributed by atoms with van der Waals surface area (Å²) in [6.45, 7) is 1.59. The summed E-state index contributed by atoms with van der Waals surface area (Å²) < 4.78 is 0. The van der Waals surface area contributed by atoms with Crippen molar-refractivity contribution in [1.82, 2.24) is 25.5 Å². The predicted molar refractivity (Wildman–Crippen MR) is 127 cm³/mol. The third-order valence-corrected chi connectivity index (χ3v) is 6.06. The molecular weight excluding hydrogens is 428 g/mol. The third kappa shape index (κ3) is 4.44. The van der Waals surface area contributed by atoms with Gasteiger partial charge in [-0.25, -0.2) is 4.98 Å². The summed E-state index contributed by atoms with van der Waals surface area (Å²) in [5.74, 6) is 0.724. The maximum absolute atomic E-state index is 6.32. The van der Waals surface area contributed by atoms with E-state index in [0.29, 0.717) is 5.02 Å². The van der Waals surface area contributed by atoms with E-state index in [-0.39, 0.29) is 0 Å². The fourth-order valence-corrected chi connectivity index (χ4v) is 4.34. The molecule has 3 N–H and O–H groups in total. The number of aromatic nitrogens is 4. The van der Waals surface area contributed by atoms with Gasteiger partial charge in [0.2, 0.25) is 0 Å². The highest BCUT2D eigenvalue weighted by Gasteiger charge is 2.12. The number of fused-ring (bicyclic) bond motifs is 1. The van der Waals surface area contributed by atoms with E-state index >= 15 is 0 Å². The minimum Gasteiger partial charge on any atom is -0.314 e. The Balaban J connectivity index is 1.30. The summed E-state index contributed by atoms with van der Waals surface area (Å²) >= 11 is 7.93. The number of nitrogens with one attached hydrogen (secondary N) is 3. The van der Waals surface area contributed by atoms with Gasteiger partial charge >= 0.3 is 0 Å². The number of anilines is 2. The molecule has 0 fully saturated rings. The van der Waals surface area contributed by atoms with Gasteiger partial charge in [0.15, 0.2) is 10.9 Å². The molecule has 3 aromatic heterocycles. The van der Waals surface area contributed by atoms with Crippen LogP contribution in [0.25, 0.3) is 22.2 Å². The number of H-pyrrole nitrogens is 1. The van der Waals surface area contributed by atoms with Crippen molar-refractivity contribution in [3.63, 3.8) is 0 Å². The first-order valence-corrected chi connectivity index (χ1v) is 11.0. The van der Waals surface area contributed by atoms with Crippen molar-refractivity contribution in [2.75, 3.05) is 5.32 Å². The van der Waals surface area contributed by atoms with Crippen molar-refractivity contribution < 1.29 is 0 Å². The van der Waals surface area contributed by atoms with Crippen LogP contribution < -0.4 is 10.6 Å². The molecule has 0 unspecified atom stereocenters. The molecule has 5 aromatic rings. The Morgan fingerprint density at radius 3 is 2.74 bits per heavy atom. The van der Waals surface area contributed by atoms with Crippen LogP contribution in [0, 0.1) is 0 Å². The number of hydrogen-bond donors (Lipinski definition) is 3. The fraction of sp³-hybridized carbons (Fsp3) is 0.0870. The molecule has 5 rings (SSSR count). The van der Waals surface area contributed by atoms with Gasteiger partial charge in [0.1, 0.15) is 0 Å². The van der Waals surface area contributed by atoms with Crippen LogP contribution in [0.2, 0.25) is 5.02 Å². The van der Waals surface area contributed by atoms with Crippen molar-refractivity contribution in [3.8, 4) is 11.3 Å². The number of benzene rings is 2. The molecule has 31 heavy (non-hydrogen) atoms. The van der Waals surface area contributed by atoms with E-state index in [1.54, 1.807) is 17.5 Å². The average Bonchev–Trinajstić information content (AvgIpc) is 3.42. The van der Waals surface area contributed by atoms with E-state index in [1.165, 1.54) is 5.56 Å². The highest BCUT2D eigenvalue weighted by molar-refractivity contribution is 7.15. The van der Waals surface area contributed by atoms with E-state index in [4.69, 9.17) is 11.6 Å². The Labute approximate surface area is 188 Å². The Kier molecular flexibility index (Phi) is 5.62. The molecule has 0 atom stereocenters. The first-order valence-electron chi connectivity index (χ1n) is 9.82. The lowest BCUT2D eigenvalue weighted by atomic mass is 10.1. The second kappa shape index (κ2) is 8.85. The second-order valence-electron chi connectivity index (χ2n) is 7.01. The van der Waals surface area contributed by atoms with Crippen LogP contribution in [-0.4, -0.2) is 20.2 Å². The molecule has 0 spiro atoms. The number of aromatic amines is 1. The normalized spacial score (nSPS) is 11.1. The van der Waals surface area contributed by atoms with Gasteiger partial charge in [-0.05, 0) is 29.8 Å². The number of nitrogens with zero attached hydrogens (tertiary/aromatic N) is 3. The van der Waals surface area contributed by atoms with Crippen molar-refractivity contribution in [2.24, 2.45) is 0 Å². The maximum Gasteiger partial charge on any atom is 0.188 e. The standard InChI is InChI=1S/C23H19ClN6S/c24-19-7-4-10-26-21(19)16-8-9-20-18(11-16)22(30-29-20)28-23-27-14-17(31-23)13-25-12-15-5-2-1-3-6-15/h1-11,14,25H,12-13H2,(H2,27,28,29,30). The van der Waals surface area contributed by atoms with Crippen LogP contribution in [0.5, 0.6) is 0 Å². The summed E-state index contributed by atoms with van der Waals surface area (Å²) in [7, 11) is 0. The quantitative estimate of drug-likeness (QED) is 0.296. The molecule has 154 valence electrons. The largest absolute Gasteiger partial charge is 0.314 e. The van der Waals surface area contributed by atoms with Gasteiger partial charge in [-0.3, -0.25) is 10.1 Å². The Morgan fingerprint density at radius 2 is 1.87 bits per heavy atom. The number of thiazole rings is 1. The molecule has 0 aliphatic rings. The van der Waals surface area contributed by atoms with E-state index < -0.39 is 0 Å². The SMILES string of the molecule is Clc1cccnc1-c1ccc2[nH]nc(Nc3ncc(CNCc4ccccc4)s3)c2c1. The average molecular weight is 447 g/mol. The third-order valence-electron chi connectivity index (χ3n) is 4.84. The fourth-order valence-electron chi connectivity index (χ4n) is 3.33. The number of halogens is 1. The van der Waals surface area contributed by atoms with E-state index in [9.17, 15) is 0 Å². The van der Waals surface area contributed by atoms with Crippen LogP contribution in [-0.2, 0) is 13.1 Å². The van der Waals surface area contributed by atoms with Crippen molar-refractivity contribution in [2.45, 2.75) is 13.1 Å². The Bertz CT molecular complexity index is 1310. The summed E-state index contributed by atoms with van der Waals surface area (Å²) in [6, 6.07) is 20.0. The number of hydrogen-bond acceptors (Lipinski definition) is 6. The van der Waals surface area contributed by atoms with Gasteiger partial charge in [0.25, 0.3) is 0 Å². The van der Waals surface area contributed by atoms with Gasteiger partial charge in [-0.1, -0.05) is 48.0 Å². The van der Waals surface area contributed by atoms with Crippen molar-refractivity contribution >= 4 is 44.8 Å². The topological polar surface area (TPSA) is 78.5 Å². The highest BCUT2D eigenvalue weighted by Crippen LogP contribution is 2.32. The number of rotatable bonds is 7. The Morgan fingerprint density at radius 1 is 0.968 bits per heavy atom. The zero-order valence-electron chi connectivity index (χ0n) is 16.5. The van der Waals surface area contributed by atoms with Crippen LogP contribution in [0.15, 0.2) is 73.1 Å². The molecular formula is C23H19ClN6S. The summed E-state index contributed by atoms with van der Waals surface area (Å²) in [5, 5.41) is 16.6. The maximum atomic E-state index is 6.32. The van der Waals surface area contributed by atoms with Crippen molar-refractivity contribution in [1.29, 1.82) is 0 Å². The van der Waals surface area contributed by atoms with Gasteiger partial charge in [0.05, 0.1) is 16.2 Å². The van der Waals surface area contributed by atoms with Gasteiger partial charge < -0.3 is 10.6 Å². The molecule has 0 bridgehead atoms. The lowest BCUT2D eigenvalue weighted by molar-refractivity contribution is 0.700. The Hall–Kier alpha value is -3.26. The summed E-state index contributed by atoms with van der Waals surface area (Å²) in [6.07, 6.45) is 3.63. The molecule has 0 saturated carbocycles. The molecule has 2 aromatic carbocycles. The van der Waals surface area contributed by atoms with Crippen LogP contribution >= 0.6 is 22.9 Å². The van der Waals surface area contributed by atoms with Crippen LogP contribution in [0.3, 0.4) is 0 Å². The van der Waals surface area contributed by atoms with E-state index in [2.05, 4.69) is 42.9 Å². The van der Waals surface area contributed by atoms with Gasteiger partial charge in [-0.2, -0.15) is 5.10 Å². The molecule has 0 radical (unpaired) electrons. The molecule has 0 aliphatic heterocycles. The zero-order chi connectivity index (χ0) is 21.0. The zero-order valence-corrected chi connectivity index (χ0v) is 18.0. The smallest absolute Gasteiger partial charge is 0.188 e. The molecule has 0 saturated heterocycles. The molecule has 6 nitrogen and oxygen atoms in total. The van der Waals surface area contributed by atoms with Crippen molar-refractivity contribution in [3.05, 3.63) is 88.5 Å². The molecule has 3 heterocycles. The second-order valence-corrected chi connectivity index (χ2v) is 8.53. The number of pyridine rings is 1. The predicted octanol–water partition coefficient (Wildman–Crippen LogP) is 5.77. The minimum absolute atomic E-state index is 0.618. The minimum atomic E-state index is 0.618. The lowest BCUT2D eigenvalue weighted by Crippen LogP contribution is -2.11. The van der Waals surface area contributed by atoms with Crippen LogP contribution in [0.4, 0.5) is 10.9 Å². The van der Waals surface area contributed by atoms with Crippen LogP contribution in [0.1, 0.15) is 10.4 Å². The van der Waals surface area contributed by atoms with Gasteiger partial charge in [-0.15, -0.1) is 11.3 Å². The van der Waals surface area contributed by atoms with Gasteiger partial charge in [0, 0.05) is 41.3 Å². The monoisotopic (exact) mass is 446 g/mol. The molecule has 8 heteroatoms. The highest BCUT2D eigenvalue weighted by atomic mass is 35.5.